The van der Waals surface area contributed by atoms with Gasteiger partial charge < -0.3 is 14.5 Å². The van der Waals surface area contributed by atoms with Crippen LogP contribution in [0.2, 0.25) is 0 Å². The van der Waals surface area contributed by atoms with E-state index in [1.54, 1.807) is 6.08 Å². The van der Waals surface area contributed by atoms with E-state index in [1.807, 2.05) is 31.2 Å². The number of para-hydroxylation sites is 1. The van der Waals surface area contributed by atoms with E-state index in [1.165, 1.54) is 13.2 Å². The van der Waals surface area contributed by atoms with Crippen molar-refractivity contribution in [2.45, 2.75) is 13.3 Å². The Labute approximate surface area is 122 Å². The minimum absolute atomic E-state index is 0.146. The molecule has 0 saturated heterocycles. The van der Waals surface area contributed by atoms with Crippen LogP contribution >= 0.6 is 0 Å². The van der Waals surface area contributed by atoms with E-state index >= 15 is 0 Å². The summed E-state index contributed by atoms with van der Waals surface area (Å²) < 4.78 is 10.2. The van der Waals surface area contributed by atoms with Gasteiger partial charge in [0.2, 0.25) is 5.91 Å². The molecule has 0 radical (unpaired) electrons. The number of nitrogens with one attached hydrogen (secondary N) is 1. The lowest BCUT2D eigenvalue weighted by molar-refractivity contribution is -0.140. The fraction of sp³-hybridized carbons (Fsp3) is 0.250. The van der Waals surface area contributed by atoms with Gasteiger partial charge in [0.05, 0.1) is 7.11 Å². The number of rotatable bonds is 5. The first-order valence-electron chi connectivity index (χ1n) is 6.68. The Kier molecular flexibility index (Phi) is 4.77. The van der Waals surface area contributed by atoms with Gasteiger partial charge in [-0.05, 0) is 12.1 Å². The third-order valence-electron chi connectivity index (χ3n) is 3.07. The largest absolute Gasteiger partial charge is 0.468 e. The van der Waals surface area contributed by atoms with Crippen LogP contribution in [0.5, 0.6) is 0 Å². The summed E-state index contributed by atoms with van der Waals surface area (Å²) in [7, 11) is 1.27. The van der Waals surface area contributed by atoms with Crippen molar-refractivity contribution in [1.82, 2.24) is 5.32 Å². The molecule has 1 aromatic heterocycles. The number of benzene rings is 1. The van der Waals surface area contributed by atoms with E-state index in [0.29, 0.717) is 0 Å². The van der Waals surface area contributed by atoms with Gasteiger partial charge in [0, 0.05) is 23.4 Å². The first-order valence-corrected chi connectivity index (χ1v) is 6.68. The molecular formula is C16H17NO4. The van der Waals surface area contributed by atoms with Crippen LogP contribution in [0, 0.1) is 0 Å². The lowest BCUT2D eigenvalue weighted by atomic mass is 10.1. The lowest BCUT2D eigenvalue weighted by Crippen LogP contribution is -2.28. The third kappa shape index (κ3) is 3.51. The number of carbonyl (C=O) groups is 2. The molecular weight excluding hydrogens is 270 g/mol. The molecule has 0 saturated carbocycles. The van der Waals surface area contributed by atoms with Crippen LogP contribution in [0.3, 0.4) is 0 Å². The number of hydrogen-bond acceptors (Lipinski definition) is 4. The van der Waals surface area contributed by atoms with E-state index < -0.39 is 5.97 Å². The highest BCUT2D eigenvalue weighted by Crippen LogP contribution is 2.27. The molecule has 0 fully saturated rings. The number of esters is 1. The fourth-order valence-electron chi connectivity index (χ4n) is 2.01. The second kappa shape index (κ2) is 6.74. The SMILES string of the molecule is CCc1oc2ccccc2c1/C=C/C(=O)NCC(=O)OC. The summed E-state index contributed by atoms with van der Waals surface area (Å²) in [5, 5.41) is 3.41. The molecule has 1 heterocycles. The standard InChI is InChI=1S/C16H17NO4/c1-3-13-12(11-6-4-5-7-14(11)21-13)8-9-15(18)17-10-16(19)20-2/h4-9H,3,10H2,1-2H3,(H,17,18)/b9-8+. The summed E-state index contributed by atoms with van der Waals surface area (Å²) in [6, 6.07) is 7.67. The van der Waals surface area contributed by atoms with Crippen molar-refractivity contribution in [3.05, 3.63) is 41.7 Å². The molecule has 21 heavy (non-hydrogen) atoms. The number of amides is 1. The van der Waals surface area contributed by atoms with Crippen LogP contribution in [0.4, 0.5) is 0 Å². The zero-order valence-corrected chi connectivity index (χ0v) is 12.0. The van der Waals surface area contributed by atoms with Gasteiger partial charge in [-0.1, -0.05) is 25.1 Å². The van der Waals surface area contributed by atoms with Gasteiger partial charge in [0.1, 0.15) is 17.9 Å². The summed E-state index contributed by atoms with van der Waals surface area (Å²) in [4.78, 5) is 22.6. The minimum Gasteiger partial charge on any atom is -0.468 e. The molecule has 1 amide bonds. The van der Waals surface area contributed by atoms with Gasteiger partial charge in [-0.3, -0.25) is 9.59 Å². The molecule has 1 N–H and O–H groups in total. The molecule has 0 unspecified atom stereocenters. The Morgan fingerprint density at radius 1 is 1.33 bits per heavy atom. The topological polar surface area (TPSA) is 68.5 Å². The van der Waals surface area contributed by atoms with Crippen LogP contribution in [0.15, 0.2) is 34.8 Å². The second-order valence-electron chi connectivity index (χ2n) is 4.42. The molecule has 0 spiro atoms. The van der Waals surface area contributed by atoms with Crippen molar-refractivity contribution < 1.29 is 18.7 Å². The first kappa shape index (κ1) is 14.8. The maximum Gasteiger partial charge on any atom is 0.325 e. The first-order chi connectivity index (χ1) is 10.2. The van der Waals surface area contributed by atoms with Crippen LogP contribution < -0.4 is 5.32 Å². The Bertz CT molecular complexity index is 685. The van der Waals surface area contributed by atoms with Gasteiger partial charge >= 0.3 is 5.97 Å². The Balaban J connectivity index is 2.16. The smallest absolute Gasteiger partial charge is 0.325 e. The quantitative estimate of drug-likeness (QED) is 0.676. The van der Waals surface area contributed by atoms with Crippen LogP contribution in [0.25, 0.3) is 17.0 Å². The molecule has 5 heteroatoms. The van der Waals surface area contributed by atoms with Gasteiger partial charge in [0.25, 0.3) is 0 Å². The predicted octanol–water partition coefficient (Wildman–Crippen LogP) is 2.30. The Morgan fingerprint density at radius 3 is 2.81 bits per heavy atom. The molecule has 2 rings (SSSR count). The summed E-state index contributed by atoms with van der Waals surface area (Å²) in [5.74, 6) is -0.0132. The Hall–Kier alpha value is -2.56. The number of fused-ring (bicyclic) bond motifs is 1. The molecule has 0 aliphatic rings. The summed E-state index contributed by atoms with van der Waals surface area (Å²) in [6.07, 6.45) is 3.83. The summed E-state index contributed by atoms with van der Waals surface area (Å²) in [5.41, 5.74) is 1.69. The molecule has 0 bridgehead atoms. The molecule has 1 aromatic carbocycles. The lowest BCUT2D eigenvalue weighted by Gasteiger charge is -1.99. The second-order valence-corrected chi connectivity index (χ2v) is 4.42. The van der Waals surface area contributed by atoms with E-state index in [9.17, 15) is 9.59 Å². The predicted molar refractivity (Wildman–Crippen MR) is 79.7 cm³/mol. The van der Waals surface area contributed by atoms with Crippen molar-refractivity contribution in [3.8, 4) is 0 Å². The van der Waals surface area contributed by atoms with Crippen LogP contribution in [0.1, 0.15) is 18.2 Å². The van der Waals surface area contributed by atoms with Crippen molar-refractivity contribution in [1.29, 1.82) is 0 Å². The van der Waals surface area contributed by atoms with Crippen LogP contribution in [-0.4, -0.2) is 25.5 Å². The highest BCUT2D eigenvalue weighted by atomic mass is 16.5. The zero-order chi connectivity index (χ0) is 15.2. The summed E-state index contributed by atoms with van der Waals surface area (Å²) in [6.45, 7) is 1.85. The molecule has 110 valence electrons. The molecule has 2 aromatic rings. The van der Waals surface area contributed by atoms with Crippen LogP contribution in [-0.2, 0) is 20.7 Å². The van der Waals surface area contributed by atoms with Crippen molar-refractivity contribution in [3.63, 3.8) is 0 Å². The molecule has 5 nitrogen and oxygen atoms in total. The normalized spacial score (nSPS) is 11.0. The number of hydrogen-bond donors (Lipinski definition) is 1. The number of ether oxygens (including phenoxy) is 1. The molecule has 0 aliphatic heterocycles. The highest BCUT2D eigenvalue weighted by molar-refractivity contribution is 5.97. The van der Waals surface area contributed by atoms with Crippen molar-refractivity contribution >= 4 is 28.9 Å². The van der Waals surface area contributed by atoms with E-state index in [0.717, 1.165) is 28.7 Å². The van der Waals surface area contributed by atoms with E-state index in [2.05, 4.69) is 10.1 Å². The van der Waals surface area contributed by atoms with Gasteiger partial charge in [-0.15, -0.1) is 0 Å². The molecule has 0 atom stereocenters. The number of aryl methyl sites for hydroxylation is 1. The molecule has 0 aliphatic carbocycles. The highest BCUT2D eigenvalue weighted by Gasteiger charge is 2.10. The van der Waals surface area contributed by atoms with Gasteiger partial charge in [-0.25, -0.2) is 0 Å². The maximum atomic E-state index is 11.7. The average Bonchev–Trinajstić information content (AvgIpc) is 2.88. The van der Waals surface area contributed by atoms with Gasteiger partial charge in [-0.2, -0.15) is 0 Å². The maximum absolute atomic E-state index is 11.7. The van der Waals surface area contributed by atoms with E-state index in [-0.39, 0.29) is 12.5 Å². The number of methoxy groups -OCH3 is 1. The third-order valence-corrected chi connectivity index (χ3v) is 3.07. The van der Waals surface area contributed by atoms with Crippen molar-refractivity contribution in [2.75, 3.05) is 13.7 Å². The monoisotopic (exact) mass is 287 g/mol. The average molecular weight is 287 g/mol. The zero-order valence-electron chi connectivity index (χ0n) is 12.0. The fourth-order valence-corrected chi connectivity index (χ4v) is 2.01. The van der Waals surface area contributed by atoms with Gasteiger partial charge in [0.15, 0.2) is 0 Å². The van der Waals surface area contributed by atoms with E-state index in [4.69, 9.17) is 4.42 Å². The summed E-state index contributed by atoms with van der Waals surface area (Å²) >= 11 is 0. The Morgan fingerprint density at radius 2 is 2.10 bits per heavy atom. The van der Waals surface area contributed by atoms with Crippen molar-refractivity contribution in [2.24, 2.45) is 0 Å². The number of furan rings is 1. The minimum atomic E-state index is -0.486. The number of carbonyl (C=O) groups excluding carboxylic acids is 2.